The number of rotatable bonds is 3. The van der Waals surface area contributed by atoms with E-state index < -0.39 is 11.5 Å². The molecule has 0 aromatic heterocycles. The molecule has 0 atom stereocenters. The third-order valence-electron chi connectivity index (χ3n) is 1.16. The first-order valence-electron chi connectivity index (χ1n) is 2.87. The molecule has 0 saturated heterocycles. The van der Waals surface area contributed by atoms with Gasteiger partial charge in [0, 0.05) is 13.8 Å². The number of hydroxylamine groups is 1. The number of carbonyl (C=O) groups is 1. The van der Waals surface area contributed by atoms with Crippen LogP contribution >= 0.6 is 0 Å². The van der Waals surface area contributed by atoms with Crippen molar-refractivity contribution in [3.8, 4) is 0 Å². The largest absolute Gasteiger partial charge is 0.596 e. The predicted molar refractivity (Wildman–Crippen MR) is 34.8 cm³/mol. The molecule has 0 amide bonds. The zero-order valence-corrected chi connectivity index (χ0v) is 6.57. The Balaban J connectivity index is 4.55. The van der Waals surface area contributed by atoms with Crippen LogP contribution < -0.4 is 0 Å². The van der Waals surface area contributed by atoms with Crippen molar-refractivity contribution in [2.75, 3.05) is 7.11 Å². The maximum absolute atomic E-state index is 10.8. The lowest BCUT2D eigenvalue weighted by Crippen LogP contribution is -2.40. The second-order valence-corrected chi connectivity index (χ2v) is 2.40. The van der Waals surface area contributed by atoms with Crippen molar-refractivity contribution in [1.29, 1.82) is 0 Å². The van der Waals surface area contributed by atoms with Gasteiger partial charge in [-0.25, -0.2) is 4.79 Å². The summed E-state index contributed by atoms with van der Waals surface area (Å²) in [7, 11) is 1.17. The highest BCUT2D eigenvalue weighted by molar-refractivity contribution is 5.75. The van der Waals surface area contributed by atoms with Crippen LogP contribution in [-0.2, 0) is 9.63 Å². The molecular formula is C5H10N2O4. The van der Waals surface area contributed by atoms with E-state index in [1.54, 1.807) is 0 Å². The minimum atomic E-state index is -1.59. The van der Waals surface area contributed by atoms with E-state index in [1.807, 2.05) is 0 Å². The molecule has 0 aliphatic carbocycles. The first kappa shape index (κ1) is 9.67. The van der Waals surface area contributed by atoms with Crippen molar-refractivity contribution in [2.45, 2.75) is 19.4 Å². The summed E-state index contributed by atoms with van der Waals surface area (Å²) in [6.07, 6.45) is 0. The molecule has 0 aliphatic heterocycles. The maximum atomic E-state index is 10.8. The Bertz CT molecular complexity index is 187. The molecule has 0 heterocycles. The standard InChI is InChI=1S/C5H10N2O4/c1-5(2,4(8)9)7(10)6-11-3/h1-3H3,(H,8,9). The Hall–Kier alpha value is -1.33. The van der Waals surface area contributed by atoms with Gasteiger partial charge >= 0.3 is 5.97 Å². The minimum absolute atomic E-state index is 0.00463. The van der Waals surface area contributed by atoms with Gasteiger partial charge in [0.25, 0.3) is 5.54 Å². The van der Waals surface area contributed by atoms with E-state index in [0.29, 0.717) is 0 Å². The molecule has 1 N–H and O–H groups in total. The summed E-state index contributed by atoms with van der Waals surface area (Å²) in [6.45, 7) is 2.45. The Morgan fingerprint density at radius 2 is 2.18 bits per heavy atom. The number of carboxylic acid groups (broad SMARTS) is 1. The van der Waals surface area contributed by atoms with E-state index in [9.17, 15) is 10.0 Å². The fourth-order valence-electron chi connectivity index (χ4n) is 0.258. The quantitative estimate of drug-likeness (QED) is 0.369. The number of aliphatic carboxylic acids is 1. The molecule has 64 valence electrons. The molecule has 6 heteroatoms. The molecule has 0 rings (SSSR count). The average Bonchev–Trinajstić information content (AvgIpc) is 1.88. The summed E-state index contributed by atoms with van der Waals surface area (Å²) in [6, 6.07) is 0. The van der Waals surface area contributed by atoms with Crippen LogP contribution in [0.15, 0.2) is 5.28 Å². The smallest absolute Gasteiger partial charge is 0.379 e. The van der Waals surface area contributed by atoms with Crippen LogP contribution in [0.2, 0.25) is 0 Å². The third-order valence-corrected chi connectivity index (χ3v) is 1.16. The summed E-state index contributed by atoms with van der Waals surface area (Å²) < 4.78 is 0. The van der Waals surface area contributed by atoms with Crippen molar-refractivity contribution >= 4 is 5.97 Å². The highest BCUT2D eigenvalue weighted by Crippen LogP contribution is 2.08. The summed E-state index contributed by atoms with van der Waals surface area (Å²) in [4.78, 5) is 14.5. The van der Waals surface area contributed by atoms with Gasteiger partial charge in [-0.3, -0.25) is 0 Å². The molecule has 0 aliphatic rings. The molecule has 0 fully saturated rings. The number of carboxylic acids is 1. The Labute approximate surface area is 63.6 Å². The van der Waals surface area contributed by atoms with E-state index in [1.165, 1.54) is 21.0 Å². The number of nitrogens with zero attached hydrogens (tertiary/aromatic N) is 2. The number of hydrogen-bond donors (Lipinski definition) is 1. The van der Waals surface area contributed by atoms with Gasteiger partial charge in [0.2, 0.25) is 5.28 Å². The summed E-state index contributed by atoms with van der Waals surface area (Å²) in [5.41, 5.74) is -1.59. The molecule has 0 spiro atoms. The highest BCUT2D eigenvalue weighted by atomic mass is 16.7. The molecular weight excluding hydrogens is 152 g/mol. The zero-order valence-electron chi connectivity index (χ0n) is 6.57. The molecule has 0 unspecified atom stereocenters. The average molecular weight is 162 g/mol. The van der Waals surface area contributed by atoms with Gasteiger partial charge in [-0.1, -0.05) is 0 Å². The number of hydrogen-bond acceptors (Lipinski definition) is 4. The predicted octanol–water partition coefficient (Wildman–Crippen LogP) is 0.374. The van der Waals surface area contributed by atoms with Gasteiger partial charge < -0.3 is 15.2 Å². The van der Waals surface area contributed by atoms with Crippen LogP contribution in [-0.4, -0.2) is 28.6 Å². The fraction of sp³-hybridized carbons (Fsp3) is 0.800. The molecule has 0 aromatic rings. The zero-order chi connectivity index (χ0) is 9.07. The molecule has 0 radical (unpaired) electrons. The first-order chi connectivity index (χ1) is 4.92. The van der Waals surface area contributed by atoms with E-state index >= 15 is 0 Å². The van der Waals surface area contributed by atoms with Crippen molar-refractivity contribution in [1.82, 2.24) is 0 Å². The van der Waals surface area contributed by atoms with Crippen molar-refractivity contribution in [3.05, 3.63) is 5.21 Å². The van der Waals surface area contributed by atoms with Crippen LogP contribution in [0.1, 0.15) is 13.8 Å². The van der Waals surface area contributed by atoms with Crippen LogP contribution in [0, 0.1) is 5.21 Å². The Kier molecular flexibility index (Phi) is 2.79. The van der Waals surface area contributed by atoms with E-state index in [0.717, 1.165) is 0 Å². The second-order valence-electron chi connectivity index (χ2n) is 2.40. The molecule has 0 bridgehead atoms. The summed E-state index contributed by atoms with van der Waals surface area (Å²) in [5, 5.41) is 22.1. The van der Waals surface area contributed by atoms with Crippen LogP contribution in [0.25, 0.3) is 0 Å². The monoisotopic (exact) mass is 162 g/mol. The SMILES string of the molecule is CON=[N+]([O-])C(C)(C)C(=O)O. The lowest BCUT2D eigenvalue weighted by atomic mass is 10.1. The molecule has 0 saturated carbocycles. The lowest BCUT2D eigenvalue weighted by molar-refractivity contribution is -0.612. The minimum Gasteiger partial charge on any atom is -0.596 e. The van der Waals surface area contributed by atoms with Crippen molar-refractivity contribution in [3.63, 3.8) is 0 Å². The van der Waals surface area contributed by atoms with Gasteiger partial charge in [0.1, 0.15) is 7.11 Å². The van der Waals surface area contributed by atoms with Crippen molar-refractivity contribution < 1.29 is 19.6 Å². The van der Waals surface area contributed by atoms with Crippen LogP contribution in [0.4, 0.5) is 0 Å². The fourth-order valence-corrected chi connectivity index (χ4v) is 0.258. The van der Waals surface area contributed by atoms with E-state index in [-0.39, 0.29) is 4.86 Å². The second kappa shape index (κ2) is 3.18. The van der Waals surface area contributed by atoms with Gasteiger partial charge in [-0.2, -0.15) is 0 Å². The highest BCUT2D eigenvalue weighted by Gasteiger charge is 2.38. The third kappa shape index (κ3) is 2.06. The van der Waals surface area contributed by atoms with Gasteiger partial charge in [0.15, 0.2) is 0 Å². The van der Waals surface area contributed by atoms with E-state index in [4.69, 9.17) is 5.11 Å². The van der Waals surface area contributed by atoms with Gasteiger partial charge in [-0.15, -0.1) is 0 Å². The van der Waals surface area contributed by atoms with E-state index in [2.05, 4.69) is 10.1 Å². The topological polar surface area (TPSA) is 85.0 Å². The van der Waals surface area contributed by atoms with Crippen molar-refractivity contribution in [2.24, 2.45) is 5.28 Å². The Morgan fingerprint density at radius 3 is 2.45 bits per heavy atom. The van der Waals surface area contributed by atoms with Gasteiger partial charge in [0.05, 0.1) is 0 Å². The van der Waals surface area contributed by atoms with Gasteiger partial charge in [-0.05, 0) is 4.86 Å². The summed E-state index contributed by atoms with van der Waals surface area (Å²) >= 11 is 0. The Morgan fingerprint density at radius 1 is 1.73 bits per heavy atom. The molecule has 11 heavy (non-hydrogen) atoms. The normalized spacial score (nSPS) is 12.8. The lowest BCUT2D eigenvalue weighted by Gasteiger charge is -2.13. The summed E-state index contributed by atoms with van der Waals surface area (Å²) in [5.74, 6) is -1.26. The molecule has 6 nitrogen and oxygen atoms in total. The first-order valence-corrected chi connectivity index (χ1v) is 2.87. The maximum Gasteiger partial charge on any atom is 0.379 e. The van der Waals surface area contributed by atoms with Crippen LogP contribution in [0.5, 0.6) is 0 Å². The van der Waals surface area contributed by atoms with Crippen LogP contribution in [0.3, 0.4) is 0 Å². The molecule has 0 aromatic carbocycles.